The van der Waals surface area contributed by atoms with Gasteiger partial charge in [0.15, 0.2) is 0 Å². The van der Waals surface area contributed by atoms with Gasteiger partial charge in [-0.3, -0.25) is 4.79 Å². The van der Waals surface area contributed by atoms with Gasteiger partial charge in [0.1, 0.15) is 6.61 Å². The molecule has 0 fully saturated rings. The van der Waals surface area contributed by atoms with Gasteiger partial charge >= 0.3 is 5.97 Å². The number of fused-ring (bicyclic) bond motifs is 1. The summed E-state index contributed by atoms with van der Waals surface area (Å²) < 4.78 is 5.30. The van der Waals surface area contributed by atoms with Crippen LogP contribution in [0.1, 0.15) is 29.8 Å². The molecule has 0 saturated carbocycles. The normalized spacial score (nSPS) is 13.7. The molecule has 5 heteroatoms. The Hall–Kier alpha value is -1.88. The molecule has 1 aliphatic rings. The lowest BCUT2D eigenvalue weighted by molar-refractivity contribution is -0.124. The topological polar surface area (TPSA) is 66.8 Å². The van der Waals surface area contributed by atoms with E-state index in [1.165, 1.54) is 0 Å². The Bertz CT molecular complexity index is 510. The lowest BCUT2D eigenvalue weighted by Gasteiger charge is -2.18. The van der Waals surface area contributed by atoms with Gasteiger partial charge in [0, 0.05) is 12.2 Å². The van der Waals surface area contributed by atoms with Crippen LogP contribution in [0, 0.1) is 0 Å². The number of aromatic carboxylic acids is 1. The molecular weight excluding hydrogens is 246 g/mol. The molecule has 5 nitrogen and oxygen atoms in total. The molecule has 1 N–H and O–H groups in total. The summed E-state index contributed by atoms with van der Waals surface area (Å²) in [5, 5.41) is 8.99. The standard InChI is InChI=1S/C14H17NO4/c1-9(2)19-8-13(16)15-6-5-10-3-4-11(14(17)18)7-12(10)15/h3-4,7,9H,5-6,8H2,1-2H3,(H,17,18). The smallest absolute Gasteiger partial charge is 0.335 e. The van der Waals surface area contributed by atoms with Gasteiger partial charge in [0.2, 0.25) is 0 Å². The van der Waals surface area contributed by atoms with Crippen molar-refractivity contribution in [2.75, 3.05) is 18.1 Å². The SMILES string of the molecule is CC(C)OCC(=O)N1CCc2ccc(C(=O)O)cc21. The third-order valence-corrected chi connectivity index (χ3v) is 3.07. The summed E-state index contributed by atoms with van der Waals surface area (Å²) in [5.41, 5.74) is 1.89. The van der Waals surface area contributed by atoms with Crippen molar-refractivity contribution < 1.29 is 19.4 Å². The zero-order valence-corrected chi connectivity index (χ0v) is 11.0. The highest BCUT2D eigenvalue weighted by Crippen LogP contribution is 2.29. The first-order valence-corrected chi connectivity index (χ1v) is 6.27. The molecule has 1 aliphatic heterocycles. The summed E-state index contributed by atoms with van der Waals surface area (Å²) in [6, 6.07) is 4.90. The first-order valence-electron chi connectivity index (χ1n) is 6.27. The summed E-state index contributed by atoms with van der Waals surface area (Å²) in [7, 11) is 0. The number of ether oxygens (including phenoxy) is 1. The molecule has 102 valence electrons. The molecule has 1 amide bonds. The highest BCUT2D eigenvalue weighted by Gasteiger charge is 2.25. The van der Waals surface area contributed by atoms with Crippen LogP contribution in [0.5, 0.6) is 0 Å². The minimum Gasteiger partial charge on any atom is -0.478 e. The first kappa shape index (κ1) is 13.5. The van der Waals surface area contributed by atoms with Gasteiger partial charge in [-0.25, -0.2) is 4.79 Å². The number of hydrogen-bond acceptors (Lipinski definition) is 3. The molecular formula is C14H17NO4. The number of hydrogen-bond donors (Lipinski definition) is 1. The van der Waals surface area contributed by atoms with E-state index in [1.807, 2.05) is 13.8 Å². The van der Waals surface area contributed by atoms with E-state index >= 15 is 0 Å². The number of anilines is 1. The van der Waals surface area contributed by atoms with E-state index in [-0.39, 0.29) is 24.2 Å². The van der Waals surface area contributed by atoms with E-state index in [0.29, 0.717) is 12.2 Å². The monoisotopic (exact) mass is 263 g/mol. The molecule has 1 aromatic rings. The molecule has 0 spiro atoms. The van der Waals surface area contributed by atoms with Crippen LogP contribution in [0.25, 0.3) is 0 Å². The maximum atomic E-state index is 12.0. The average molecular weight is 263 g/mol. The zero-order valence-electron chi connectivity index (χ0n) is 11.0. The molecule has 0 unspecified atom stereocenters. The molecule has 0 aliphatic carbocycles. The van der Waals surface area contributed by atoms with Gasteiger partial charge in [-0.2, -0.15) is 0 Å². The number of carboxylic acids is 1. The van der Waals surface area contributed by atoms with E-state index < -0.39 is 5.97 Å². The van der Waals surface area contributed by atoms with Crippen molar-refractivity contribution in [2.24, 2.45) is 0 Å². The van der Waals surface area contributed by atoms with Gasteiger partial charge in [0.05, 0.1) is 11.7 Å². The largest absolute Gasteiger partial charge is 0.478 e. The molecule has 0 bridgehead atoms. The van der Waals surface area contributed by atoms with Crippen molar-refractivity contribution in [1.82, 2.24) is 0 Å². The molecule has 0 radical (unpaired) electrons. The molecule has 1 heterocycles. The number of nitrogens with zero attached hydrogens (tertiary/aromatic N) is 1. The van der Waals surface area contributed by atoms with Crippen LogP contribution in [-0.4, -0.2) is 36.2 Å². The molecule has 1 aromatic carbocycles. The second-order valence-corrected chi connectivity index (χ2v) is 4.80. The second-order valence-electron chi connectivity index (χ2n) is 4.80. The summed E-state index contributed by atoms with van der Waals surface area (Å²) in [6.45, 7) is 4.34. The van der Waals surface area contributed by atoms with Crippen LogP contribution in [0.4, 0.5) is 5.69 Å². The predicted molar refractivity (Wildman–Crippen MR) is 70.5 cm³/mol. The number of rotatable bonds is 4. The van der Waals surface area contributed by atoms with E-state index in [0.717, 1.165) is 12.0 Å². The maximum absolute atomic E-state index is 12.0. The molecule has 19 heavy (non-hydrogen) atoms. The fourth-order valence-corrected chi connectivity index (χ4v) is 2.09. The Balaban J connectivity index is 2.18. The van der Waals surface area contributed by atoms with Crippen molar-refractivity contribution in [1.29, 1.82) is 0 Å². The number of carboxylic acid groups (broad SMARTS) is 1. The first-order chi connectivity index (χ1) is 8.99. The van der Waals surface area contributed by atoms with Gasteiger partial charge in [-0.05, 0) is 38.0 Å². The van der Waals surface area contributed by atoms with E-state index in [2.05, 4.69) is 0 Å². The van der Waals surface area contributed by atoms with Crippen LogP contribution in [-0.2, 0) is 16.0 Å². The minimum absolute atomic E-state index is 0.00335. The Morgan fingerprint density at radius 1 is 1.42 bits per heavy atom. The van der Waals surface area contributed by atoms with Gasteiger partial charge < -0.3 is 14.7 Å². The number of carbonyl (C=O) groups is 2. The van der Waals surface area contributed by atoms with Crippen molar-refractivity contribution >= 4 is 17.6 Å². The van der Waals surface area contributed by atoms with Gasteiger partial charge in [0.25, 0.3) is 5.91 Å². The highest BCUT2D eigenvalue weighted by atomic mass is 16.5. The second kappa shape index (κ2) is 5.40. The van der Waals surface area contributed by atoms with Crippen LogP contribution in [0.3, 0.4) is 0 Å². The Kier molecular flexibility index (Phi) is 3.85. The Labute approximate surface area is 111 Å². The van der Waals surface area contributed by atoms with Crippen LogP contribution in [0.2, 0.25) is 0 Å². The van der Waals surface area contributed by atoms with Gasteiger partial charge in [-0.1, -0.05) is 6.07 Å². The van der Waals surface area contributed by atoms with E-state index in [4.69, 9.17) is 9.84 Å². The maximum Gasteiger partial charge on any atom is 0.335 e. The predicted octanol–water partition coefficient (Wildman–Crippen LogP) is 1.70. The zero-order chi connectivity index (χ0) is 14.0. The van der Waals surface area contributed by atoms with Crippen molar-refractivity contribution in [3.05, 3.63) is 29.3 Å². The molecule has 0 aromatic heterocycles. The fraction of sp³-hybridized carbons (Fsp3) is 0.429. The summed E-state index contributed by atoms with van der Waals surface area (Å²) >= 11 is 0. The Morgan fingerprint density at radius 2 is 2.16 bits per heavy atom. The lowest BCUT2D eigenvalue weighted by Crippen LogP contribution is -2.33. The van der Waals surface area contributed by atoms with Crippen LogP contribution < -0.4 is 4.90 Å². The van der Waals surface area contributed by atoms with Crippen molar-refractivity contribution in [3.63, 3.8) is 0 Å². The fourth-order valence-electron chi connectivity index (χ4n) is 2.09. The number of amides is 1. The molecule has 0 atom stereocenters. The highest BCUT2D eigenvalue weighted by molar-refractivity contribution is 5.98. The molecule has 2 rings (SSSR count). The third kappa shape index (κ3) is 2.93. The van der Waals surface area contributed by atoms with Crippen molar-refractivity contribution in [3.8, 4) is 0 Å². The van der Waals surface area contributed by atoms with Crippen molar-refractivity contribution in [2.45, 2.75) is 26.4 Å². The minimum atomic E-state index is -0.986. The van der Waals surface area contributed by atoms with E-state index in [9.17, 15) is 9.59 Å². The summed E-state index contributed by atoms with van der Waals surface area (Å²) in [6.07, 6.45) is 0.749. The van der Waals surface area contributed by atoms with E-state index in [1.54, 1.807) is 23.1 Å². The summed E-state index contributed by atoms with van der Waals surface area (Å²) in [4.78, 5) is 24.6. The van der Waals surface area contributed by atoms with Crippen LogP contribution >= 0.6 is 0 Å². The lowest BCUT2D eigenvalue weighted by atomic mass is 10.1. The molecule has 0 saturated heterocycles. The number of carbonyl (C=O) groups excluding carboxylic acids is 1. The number of benzene rings is 1. The third-order valence-electron chi connectivity index (χ3n) is 3.07. The Morgan fingerprint density at radius 3 is 2.79 bits per heavy atom. The van der Waals surface area contributed by atoms with Crippen LogP contribution in [0.15, 0.2) is 18.2 Å². The summed E-state index contributed by atoms with van der Waals surface area (Å²) in [5.74, 6) is -1.12. The average Bonchev–Trinajstić information content (AvgIpc) is 2.78. The van der Waals surface area contributed by atoms with Gasteiger partial charge in [-0.15, -0.1) is 0 Å². The quantitative estimate of drug-likeness (QED) is 0.897.